The molecule has 210 valence electrons. The quantitative estimate of drug-likeness (QED) is 0.204. The van der Waals surface area contributed by atoms with Gasteiger partial charge in [-0.05, 0) is 46.5 Å². The lowest BCUT2D eigenvalue weighted by atomic mass is 9.94. The lowest BCUT2D eigenvalue weighted by Crippen LogP contribution is -2.01. The van der Waals surface area contributed by atoms with Crippen LogP contribution in [0.2, 0.25) is 0 Å². The minimum atomic E-state index is 0.535. The second-order valence-electron chi connectivity index (χ2n) is 10.8. The van der Waals surface area contributed by atoms with Gasteiger partial charge >= 0.3 is 0 Å². The van der Waals surface area contributed by atoms with Crippen molar-refractivity contribution in [3.8, 4) is 62.5 Å². The summed E-state index contributed by atoms with van der Waals surface area (Å²) in [7, 11) is 0. The van der Waals surface area contributed by atoms with Gasteiger partial charge in [-0.25, -0.2) is 15.0 Å². The fraction of sp³-hybridized carbons (Fsp3) is 0. The van der Waals surface area contributed by atoms with E-state index >= 15 is 0 Å². The number of rotatable bonds is 5. The maximum absolute atomic E-state index is 9.39. The van der Waals surface area contributed by atoms with Crippen LogP contribution in [-0.2, 0) is 0 Å². The van der Waals surface area contributed by atoms with Crippen LogP contribution in [0.4, 0.5) is 0 Å². The molecule has 0 saturated carbocycles. The molecule has 0 N–H and O–H groups in total. The third-order valence-corrected chi connectivity index (χ3v) is 7.99. The van der Waals surface area contributed by atoms with Crippen molar-refractivity contribution in [3.63, 3.8) is 0 Å². The number of nitriles is 1. The van der Waals surface area contributed by atoms with E-state index < -0.39 is 0 Å². The first-order chi connectivity index (χ1) is 22.2. The summed E-state index contributed by atoms with van der Waals surface area (Å²) in [5.41, 5.74) is 8.74. The summed E-state index contributed by atoms with van der Waals surface area (Å²) in [6, 6.07) is 50.5. The Morgan fingerprint density at radius 2 is 1.07 bits per heavy atom. The van der Waals surface area contributed by atoms with E-state index in [0.717, 1.165) is 60.9 Å². The Morgan fingerprint density at radius 3 is 1.76 bits per heavy atom. The highest BCUT2D eigenvalue weighted by molar-refractivity contribution is 6.12. The molecule has 0 spiro atoms. The van der Waals surface area contributed by atoms with E-state index in [1.54, 1.807) is 0 Å². The van der Waals surface area contributed by atoms with Crippen molar-refractivity contribution in [2.24, 2.45) is 0 Å². The first kappa shape index (κ1) is 26.3. The molecule has 0 fully saturated rings. The predicted molar refractivity (Wildman–Crippen MR) is 179 cm³/mol. The van der Waals surface area contributed by atoms with Gasteiger partial charge in [0, 0.05) is 21.9 Å². The zero-order valence-corrected chi connectivity index (χ0v) is 24.1. The molecular formula is C40H24N4O. The average Bonchev–Trinajstić information content (AvgIpc) is 3.50. The van der Waals surface area contributed by atoms with Gasteiger partial charge in [0.25, 0.3) is 0 Å². The van der Waals surface area contributed by atoms with Crippen LogP contribution in [-0.4, -0.2) is 15.0 Å². The Kier molecular flexibility index (Phi) is 6.44. The lowest BCUT2D eigenvalue weighted by molar-refractivity contribution is 0.669. The number of furan rings is 1. The Labute approximate surface area is 259 Å². The largest absolute Gasteiger partial charge is 0.455 e. The van der Waals surface area contributed by atoms with Crippen molar-refractivity contribution in [3.05, 3.63) is 151 Å². The van der Waals surface area contributed by atoms with Gasteiger partial charge in [-0.1, -0.05) is 121 Å². The van der Waals surface area contributed by atoms with Gasteiger partial charge in [-0.2, -0.15) is 5.26 Å². The van der Waals surface area contributed by atoms with Gasteiger partial charge in [-0.15, -0.1) is 0 Å². The highest BCUT2D eigenvalue weighted by Gasteiger charge is 2.22. The highest BCUT2D eigenvalue weighted by Crippen LogP contribution is 2.42. The van der Waals surface area contributed by atoms with Crippen molar-refractivity contribution >= 4 is 21.9 Å². The normalized spacial score (nSPS) is 11.1. The Hall–Kier alpha value is -6.38. The molecule has 0 saturated heterocycles. The molecule has 6 aromatic carbocycles. The zero-order valence-electron chi connectivity index (χ0n) is 24.1. The summed E-state index contributed by atoms with van der Waals surface area (Å²) >= 11 is 0. The second kappa shape index (κ2) is 11.0. The Balaban J connectivity index is 1.38. The standard InChI is InChI=1S/C40H24N4O/c41-25-26-10-9-15-31(24-26)27-18-20-28(21-19-27)32-22-23-34-33-16-7-8-17-35(33)45-37(34)36(32)40-43-38(29-11-3-1-4-12-29)42-39(44-40)30-13-5-2-6-14-30/h1-24H. The fourth-order valence-electron chi connectivity index (χ4n) is 5.78. The monoisotopic (exact) mass is 576 g/mol. The predicted octanol–water partition coefficient (Wildman–Crippen LogP) is 9.98. The summed E-state index contributed by atoms with van der Waals surface area (Å²) in [5.74, 6) is 1.71. The van der Waals surface area contributed by atoms with Gasteiger partial charge in [-0.3, -0.25) is 0 Å². The van der Waals surface area contributed by atoms with Crippen molar-refractivity contribution in [1.29, 1.82) is 5.26 Å². The lowest BCUT2D eigenvalue weighted by Gasteiger charge is -2.13. The van der Waals surface area contributed by atoms with Crippen molar-refractivity contribution in [2.45, 2.75) is 0 Å². The van der Waals surface area contributed by atoms with E-state index in [1.165, 1.54) is 0 Å². The minimum absolute atomic E-state index is 0.535. The third-order valence-electron chi connectivity index (χ3n) is 7.99. The van der Waals surface area contributed by atoms with Crippen LogP contribution in [0.1, 0.15) is 5.56 Å². The number of nitrogens with zero attached hydrogens (tertiary/aromatic N) is 4. The van der Waals surface area contributed by atoms with Gasteiger partial charge in [0.15, 0.2) is 17.5 Å². The molecule has 8 rings (SSSR count). The van der Waals surface area contributed by atoms with Gasteiger partial charge in [0.05, 0.1) is 17.2 Å². The molecule has 5 nitrogen and oxygen atoms in total. The topological polar surface area (TPSA) is 75.6 Å². The molecule has 8 aromatic rings. The molecule has 0 aliphatic heterocycles. The molecule has 2 heterocycles. The van der Waals surface area contributed by atoms with Crippen LogP contribution in [0.5, 0.6) is 0 Å². The number of hydrogen-bond acceptors (Lipinski definition) is 5. The molecule has 0 unspecified atom stereocenters. The SMILES string of the molecule is N#Cc1cccc(-c2ccc(-c3ccc4c(oc5ccccc54)c3-c3nc(-c4ccccc4)nc(-c4ccccc4)n3)cc2)c1. The number of fused-ring (bicyclic) bond motifs is 3. The molecule has 0 aliphatic carbocycles. The molecule has 2 aromatic heterocycles. The number of para-hydroxylation sites is 1. The molecule has 45 heavy (non-hydrogen) atoms. The first-order valence-electron chi connectivity index (χ1n) is 14.7. The van der Waals surface area contributed by atoms with E-state index in [4.69, 9.17) is 19.4 Å². The maximum Gasteiger partial charge on any atom is 0.168 e. The van der Waals surface area contributed by atoms with E-state index in [-0.39, 0.29) is 0 Å². The van der Waals surface area contributed by atoms with Crippen LogP contribution < -0.4 is 0 Å². The van der Waals surface area contributed by atoms with Crippen LogP contribution in [0.3, 0.4) is 0 Å². The van der Waals surface area contributed by atoms with Crippen molar-refractivity contribution < 1.29 is 4.42 Å². The van der Waals surface area contributed by atoms with E-state index in [2.05, 4.69) is 48.5 Å². The van der Waals surface area contributed by atoms with E-state index in [0.29, 0.717) is 23.0 Å². The summed E-state index contributed by atoms with van der Waals surface area (Å²) in [6.07, 6.45) is 0. The van der Waals surface area contributed by atoms with Gasteiger partial charge < -0.3 is 4.42 Å². The summed E-state index contributed by atoms with van der Waals surface area (Å²) < 4.78 is 6.58. The zero-order chi connectivity index (χ0) is 30.2. The van der Waals surface area contributed by atoms with Gasteiger partial charge in [0.1, 0.15) is 11.2 Å². The Bertz CT molecular complexity index is 2310. The Morgan fingerprint density at radius 1 is 0.467 bits per heavy atom. The number of hydrogen-bond donors (Lipinski definition) is 0. The van der Waals surface area contributed by atoms with E-state index in [1.807, 2.05) is 103 Å². The minimum Gasteiger partial charge on any atom is -0.455 e. The summed E-state index contributed by atoms with van der Waals surface area (Å²) in [4.78, 5) is 15.1. The number of aromatic nitrogens is 3. The molecule has 0 atom stereocenters. The van der Waals surface area contributed by atoms with Crippen LogP contribution in [0.25, 0.3) is 78.4 Å². The molecular weight excluding hydrogens is 552 g/mol. The molecule has 5 heteroatoms. The van der Waals surface area contributed by atoms with Crippen LogP contribution in [0, 0.1) is 11.3 Å². The smallest absolute Gasteiger partial charge is 0.168 e. The van der Waals surface area contributed by atoms with Crippen LogP contribution in [0.15, 0.2) is 150 Å². The molecule has 0 bridgehead atoms. The molecule has 0 amide bonds. The maximum atomic E-state index is 9.39. The summed E-state index contributed by atoms with van der Waals surface area (Å²) in [5, 5.41) is 11.4. The third kappa shape index (κ3) is 4.81. The van der Waals surface area contributed by atoms with Crippen molar-refractivity contribution in [1.82, 2.24) is 15.0 Å². The molecule has 0 radical (unpaired) electrons. The first-order valence-corrected chi connectivity index (χ1v) is 14.7. The van der Waals surface area contributed by atoms with Crippen molar-refractivity contribution in [2.75, 3.05) is 0 Å². The second-order valence-corrected chi connectivity index (χ2v) is 10.8. The van der Waals surface area contributed by atoms with Crippen LogP contribution >= 0.6 is 0 Å². The van der Waals surface area contributed by atoms with E-state index in [9.17, 15) is 5.26 Å². The average molecular weight is 577 g/mol. The van der Waals surface area contributed by atoms with Gasteiger partial charge in [0.2, 0.25) is 0 Å². The molecule has 0 aliphatic rings. The number of benzene rings is 6. The highest BCUT2D eigenvalue weighted by atomic mass is 16.3. The fourth-order valence-corrected chi connectivity index (χ4v) is 5.78. The summed E-state index contributed by atoms with van der Waals surface area (Å²) in [6.45, 7) is 0.